The van der Waals surface area contributed by atoms with Gasteiger partial charge in [-0.3, -0.25) is 9.20 Å². The van der Waals surface area contributed by atoms with Crippen LogP contribution in [0, 0.1) is 23.2 Å². The number of carbonyl (C=O) groups excluding carboxylic acids is 1. The summed E-state index contributed by atoms with van der Waals surface area (Å²) >= 11 is 6.01. The van der Waals surface area contributed by atoms with Gasteiger partial charge < -0.3 is 4.90 Å². The minimum atomic E-state index is -0.0416. The zero-order valence-corrected chi connectivity index (χ0v) is 21.3. The van der Waals surface area contributed by atoms with E-state index in [1.807, 2.05) is 27.6 Å². The maximum atomic E-state index is 13.5. The molecule has 0 fully saturated rings. The van der Waals surface area contributed by atoms with Crippen LogP contribution in [0.4, 0.5) is 0 Å². The molecule has 0 unspecified atom stereocenters. The van der Waals surface area contributed by atoms with E-state index in [4.69, 9.17) is 21.8 Å². The first-order valence-corrected chi connectivity index (χ1v) is 12.6. The van der Waals surface area contributed by atoms with Crippen molar-refractivity contribution in [2.75, 3.05) is 19.0 Å². The largest absolute Gasteiger partial charge is 0.337 e. The van der Waals surface area contributed by atoms with Crippen molar-refractivity contribution in [1.29, 1.82) is 5.26 Å². The first kappa shape index (κ1) is 25.7. The molecule has 0 bridgehead atoms. The average molecular weight is 480 g/mol. The highest BCUT2D eigenvalue weighted by molar-refractivity contribution is 6.17. The Labute approximate surface area is 207 Å². The van der Waals surface area contributed by atoms with Crippen molar-refractivity contribution in [1.82, 2.24) is 19.3 Å². The fourth-order valence-corrected chi connectivity index (χ4v) is 3.96. The molecular weight excluding hydrogens is 446 g/mol. The van der Waals surface area contributed by atoms with Gasteiger partial charge in [0.25, 0.3) is 5.91 Å². The normalized spacial score (nSPS) is 11.4. The van der Waals surface area contributed by atoms with Crippen molar-refractivity contribution in [3.8, 4) is 17.3 Å². The lowest BCUT2D eigenvalue weighted by atomic mass is 10.1. The lowest BCUT2D eigenvalue weighted by Crippen LogP contribution is -2.34. The quantitative estimate of drug-likeness (QED) is 0.317. The van der Waals surface area contributed by atoms with Crippen molar-refractivity contribution in [3.63, 3.8) is 0 Å². The average Bonchev–Trinajstić information content (AvgIpc) is 3.19. The second kappa shape index (κ2) is 12.0. The molecule has 6 nitrogen and oxygen atoms in total. The van der Waals surface area contributed by atoms with Gasteiger partial charge in [-0.2, -0.15) is 5.26 Å². The topological polar surface area (TPSA) is 74.3 Å². The number of aromatic nitrogens is 3. The number of nitrogens with zero attached hydrogens (tertiary/aromatic N) is 5. The van der Waals surface area contributed by atoms with Gasteiger partial charge in [0, 0.05) is 30.7 Å². The molecule has 0 aliphatic rings. The molecule has 0 aliphatic heterocycles. The molecule has 3 rings (SSSR count). The van der Waals surface area contributed by atoms with E-state index >= 15 is 0 Å². The van der Waals surface area contributed by atoms with Gasteiger partial charge in [-0.25, -0.2) is 9.97 Å². The van der Waals surface area contributed by atoms with Gasteiger partial charge in [-0.15, -0.1) is 11.6 Å². The molecule has 34 heavy (non-hydrogen) atoms. The number of aryl methyl sites for hydroxylation is 1. The number of fused-ring (bicyclic) bond motifs is 1. The van der Waals surface area contributed by atoms with E-state index in [1.165, 1.54) is 0 Å². The van der Waals surface area contributed by atoms with Gasteiger partial charge in [-0.05, 0) is 49.7 Å². The van der Waals surface area contributed by atoms with Crippen molar-refractivity contribution in [2.45, 2.75) is 53.4 Å². The zero-order chi connectivity index (χ0) is 24.7. The van der Waals surface area contributed by atoms with Crippen LogP contribution in [0.2, 0.25) is 0 Å². The lowest BCUT2D eigenvalue weighted by molar-refractivity contribution is 0.0734. The highest BCUT2D eigenvalue weighted by Gasteiger charge is 2.21. The third kappa shape index (κ3) is 6.36. The molecule has 0 aliphatic carbocycles. The Hall–Kier alpha value is -2.91. The van der Waals surface area contributed by atoms with Gasteiger partial charge in [-0.1, -0.05) is 39.8 Å². The number of benzene rings is 1. The van der Waals surface area contributed by atoms with Crippen molar-refractivity contribution in [2.24, 2.45) is 11.8 Å². The fourth-order valence-electron chi connectivity index (χ4n) is 3.83. The minimum Gasteiger partial charge on any atom is -0.337 e. The second-order valence-electron chi connectivity index (χ2n) is 9.55. The Morgan fingerprint density at radius 3 is 2.32 bits per heavy atom. The van der Waals surface area contributed by atoms with E-state index < -0.39 is 0 Å². The smallest absolute Gasteiger partial charge is 0.273 e. The molecule has 0 spiro atoms. The number of halogens is 1. The van der Waals surface area contributed by atoms with Crippen molar-refractivity contribution < 1.29 is 4.79 Å². The third-order valence-corrected chi connectivity index (χ3v) is 6.17. The number of carbonyl (C=O) groups is 1. The molecule has 0 saturated carbocycles. The number of hydrogen-bond acceptors (Lipinski definition) is 4. The van der Waals surface area contributed by atoms with Crippen LogP contribution in [0.15, 0.2) is 36.7 Å². The standard InChI is InChI=1S/C27H34ClN5O/c1-19(2)11-14-32(15-12-20(3)4)27(34)23-18-33-24(6-5-13-28)26(31-25(33)17-30-23)22-9-7-21(16-29)8-10-22/h7-10,17-20H,5-6,11-15H2,1-4H3. The van der Waals surface area contributed by atoms with Gasteiger partial charge in [0.2, 0.25) is 0 Å². The Bertz CT molecular complexity index is 1130. The molecule has 1 amide bonds. The number of alkyl halides is 1. The van der Waals surface area contributed by atoms with Crippen LogP contribution in [-0.2, 0) is 6.42 Å². The Balaban J connectivity index is 2.00. The van der Waals surface area contributed by atoms with Crippen molar-refractivity contribution >= 4 is 23.2 Å². The van der Waals surface area contributed by atoms with Crippen molar-refractivity contribution in [3.05, 3.63) is 53.6 Å². The highest BCUT2D eigenvalue weighted by atomic mass is 35.5. The van der Waals surface area contributed by atoms with E-state index in [9.17, 15) is 4.79 Å². The predicted octanol–water partition coefficient (Wildman–Crippen LogP) is 5.97. The summed E-state index contributed by atoms with van der Waals surface area (Å²) in [7, 11) is 0. The van der Waals surface area contributed by atoms with Crippen LogP contribution in [0.3, 0.4) is 0 Å². The van der Waals surface area contributed by atoms with E-state index in [-0.39, 0.29) is 5.91 Å². The first-order chi connectivity index (χ1) is 16.3. The predicted molar refractivity (Wildman–Crippen MR) is 137 cm³/mol. The summed E-state index contributed by atoms with van der Waals surface area (Å²) in [6, 6.07) is 9.55. The van der Waals surface area contributed by atoms with Gasteiger partial charge in [0.15, 0.2) is 5.65 Å². The van der Waals surface area contributed by atoms with E-state index in [0.717, 1.165) is 55.7 Å². The van der Waals surface area contributed by atoms with Crippen LogP contribution in [0.5, 0.6) is 0 Å². The Morgan fingerprint density at radius 2 is 1.76 bits per heavy atom. The van der Waals surface area contributed by atoms with Crippen LogP contribution < -0.4 is 0 Å². The molecule has 0 N–H and O–H groups in total. The lowest BCUT2D eigenvalue weighted by Gasteiger charge is -2.24. The molecule has 0 atom stereocenters. The number of nitriles is 1. The highest BCUT2D eigenvalue weighted by Crippen LogP contribution is 2.26. The number of rotatable bonds is 11. The Kier molecular flexibility index (Phi) is 9.06. The molecule has 7 heteroatoms. The molecule has 3 aromatic rings. The third-order valence-electron chi connectivity index (χ3n) is 5.90. The minimum absolute atomic E-state index is 0.0416. The van der Waals surface area contributed by atoms with E-state index in [2.05, 4.69) is 38.7 Å². The van der Waals surface area contributed by atoms with E-state index in [0.29, 0.717) is 34.6 Å². The molecule has 2 aromatic heterocycles. The van der Waals surface area contributed by atoms with Crippen LogP contribution in [-0.4, -0.2) is 44.1 Å². The number of amides is 1. The number of imidazole rings is 1. The van der Waals surface area contributed by atoms with Gasteiger partial charge in [0.05, 0.1) is 29.2 Å². The van der Waals surface area contributed by atoms with Gasteiger partial charge in [0.1, 0.15) is 5.69 Å². The molecular formula is C27H34ClN5O. The molecule has 0 radical (unpaired) electrons. The molecule has 1 aromatic carbocycles. The first-order valence-electron chi connectivity index (χ1n) is 12.1. The summed E-state index contributed by atoms with van der Waals surface area (Å²) < 4.78 is 1.98. The van der Waals surface area contributed by atoms with E-state index in [1.54, 1.807) is 18.3 Å². The summed E-state index contributed by atoms with van der Waals surface area (Å²) in [4.78, 5) is 24.7. The summed E-state index contributed by atoms with van der Waals surface area (Å²) in [5.41, 5.74) is 4.47. The summed E-state index contributed by atoms with van der Waals surface area (Å²) in [5.74, 6) is 1.54. The fraction of sp³-hybridized carbons (Fsp3) is 0.481. The Morgan fingerprint density at radius 1 is 1.12 bits per heavy atom. The summed E-state index contributed by atoms with van der Waals surface area (Å²) in [6.07, 6.45) is 6.93. The van der Waals surface area contributed by atoms with Gasteiger partial charge >= 0.3 is 0 Å². The molecule has 0 saturated heterocycles. The molecule has 180 valence electrons. The molecule has 2 heterocycles. The zero-order valence-electron chi connectivity index (χ0n) is 20.6. The SMILES string of the molecule is CC(C)CCN(CCC(C)C)C(=O)c1cn2c(CCCCl)c(-c3ccc(C#N)cc3)nc2cn1. The maximum Gasteiger partial charge on any atom is 0.273 e. The number of hydrogen-bond donors (Lipinski definition) is 0. The summed E-state index contributed by atoms with van der Waals surface area (Å²) in [5, 5.41) is 9.12. The monoisotopic (exact) mass is 479 g/mol. The van der Waals surface area contributed by atoms with Crippen LogP contribution in [0.25, 0.3) is 16.9 Å². The van der Waals surface area contributed by atoms with Crippen LogP contribution in [0.1, 0.15) is 68.7 Å². The summed E-state index contributed by atoms with van der Waals surface area (Å²) in [6.45, 7) is 10.2. The second-order valence-corrected chi connectivity index (χ2v) is 9.92. The van der Waals surface area contributed by atoms with Crippen LogP contribution >= 0.6 is 11.6 Å². The maximum absolute atomic E-state index is 13.5.